The maximum Gasteiger partial charge on any atom is 0.410 e. The number of rotatable bonds is 20. The van der Waals surface area contributed by atoms with Crippen molar-refractivity contribution in [3.8, 4) is 0 Å². The minimum Gasteiger partial charge on any atom is -0.466 e. The largest absolute Gasteiger partial charge is 0.466 e. The third kappa shape index (κ3) is 19.7. The lowest BCUT2D eigenvalue weighted by Gasteiger charge is -2.50. The zero-order valence-corrected chi connectivity index (χ0v) is 45.2. The highest BCUT2D eigenvalue weighted by atomic mass is 16.7. The van der Waals surface area contributed by atoms with Gasteiger partial charge in [-0.3, -0.25) is 14.9 Å². The number of ether oxygens (including phenoxy) is 8. The predicted molar refractivity (Wildman–Crippen MR) is 269 cm³/mol. The van der Waals surface area contributed by atoms with Gasteiger partial charge in [0.05, 0.1) is 42.2 Å². The number of hydrogen-bond acceptors (Lipinski definition) is 21. The van der Waals surface area contributed by atoms with E-state index in [1.807, 2.05) is 0 Å². The van der Waals surface area contributed by atoms with Gasteiger partial charge >= 0.3 is 24.4 Å². The molecular formula is C49H80N8O19. The molecule has 76 heavy (non-hydrogen) atoms. The third-order valence-electron chi connectivity index (χ3n) is 11.8. The maximum absolute atomic E-state index is 13.9. The first kappa shape index (κ1) is 62.9. The Morgan fingerprint density at radius 2 is 1.43 bits per heavy atom. The van der Waals surface area contributed by atoms with Crippen molar-refractivity contribution in [3.63, 3.8) is 0 Å². The number of non-ortho nitro benzene ring substituents is 1. The molecule has 1 saturated carbocycles. The molecule has 12 atom stereocenters. The van der Waals surface area contributed by atoms with E-state index in [-0.39, 0.29) is 50.4 Å². The number of nitro groups is 1. The summed E-state index contributed by atoms with van der Waals surface area (Å²) in [5.41, 5.74) is 1.48. The van der Waals surface area contributed by atoms with E-state index in [1.54, 1.807) is 68.4 Å². The molecule has 2 fully saturated rings. The summed E-state index contributed by atoms with van der Waals surface area (Å²) in [6, 6.07) is 0.776. The normalized spacial score (nSPS) is 27.3. The molecule has 1 aromatic carbocycles. The summed E-state index contributed by atoms with van der Waals surface area (Å²) < 4.78 is 46.9. The van der Waals surface area contributed by atoms with Crippen molar-refractivity contribution in [1.29, 1.82) is 0 Å². The Labute approximate surface area is 442 Å². The van der Waals surface area contributed by atoms with Gasteiger partial charge < -0.3 is 95.5 Å². The molecule has 4 rings (SSSR count). The SMILES string of the molecule is CN(C(=O)OC(C)(C)C)[C@@H]1[C@@H](O)[C@@H](O[C@@H]2[C@@H](O)[C@H](O[C@H]3OC(CNC(=O)OCc4ccc([N+](=O)[O-])cc4)=CC[C@H]3NCCCN)[C@@H](NC(=O)OC(C)(C)C)C[C@H]2NC(=O)[C@@H](O)CCNC(=O)OC(C)(C)C)OC[C@]1(C)O. The molecule has 0 spiro atoms. The number of carbonyl (C=O) groups is 5. The van der Waals surface area contributed by atoms with Crippen molar-refractivity contribution in [2.45, 2.75) is 191 Å². The molecule has 0 aromatic heterocycles. The highest BCUT2D eigenvalue weighted by Crippen LogP contribution is 2.35. The van der Waals surface area contributed by atoms with E-state index in [2.05, 4.69) is 26.6 Å². The zero-order valence-electron chi connectivity index (χ0n) is 45.2. The van der Waals surface area contributed by atoms with Crippen LogP contribution in [0.3, 0.4) is 0 Å². The lowest BCUT2D eigenvalue weighted by Crippen LogP contribution is -2.70. The van der Waals surface area contributed by atoms with E-state index < -0.39 is 131 Å². The first-order chi connectivity index (χ1) is 35.3. The van der Waals surface area contributed by atoms with E-state index >= 15 is 0 Å². The fraction of sp³-hybridized carbons (Fsp3) is 0.735. The second-order valence-electron chi connectivity index (χ2n) is 22.0. The second kappa shape index (κ2) is 27.1. The third-order valence-corrected chi connectivity index (χ3v) is 11.8. The molecule has 0 radical (unpaired) electrons. The fourth-order valence-corrected chi connectivity index (χ4v) is 8.33. The minimum atomic E-state index is -1.89. The van der Waals surface area contributed by atoms with Crippen LogP contribution >= 0.6 is 0 Å². The first-order valence-electron chi connectivity index (χ1n) is 25.1. The molecular weight excluding hydrogens is 1000 g/mol. The molecule has 430 valence electrons. The predicted octanol–water partition coefficient (Wildman–Crippen LogP) is 1.65. The Morgan fingerprint density at radius 1 is 0.842 bits per heavy atom. The summed E-state index contributed by atoms with van der Waals surface area (Å²) in [5.74, 6) is -0.786. The molecule has 27 heteroatoms. The molecule has 2 aliphatic heterocycles. The lowest BCUT2D eigenvalue weighted by molar-refractivity contribution is -0.384. The van der Waals surface area contributed by atoms with Crippen LogP contribution in [-0.2, 0) is 49.3 Å². The van der Waals surface area contributed by atoms with E-state index in [4.69, 9.17) is 43.6 Å². The first-order valence-corrected chi connectivity index (χ1v) is 25.1. The number of nitro benzene ring substituents is 1. The molecule has 1 aliphatic carbocycles. The van der Waals surface area contributed by atoms with Crippen LogP contribution in [-0.4, -0.2) is 190 Å². The molecule has 0 unspecified atom stereocenters. The average Bonchev–Trinajstić information content (AvgIpc) is 3.29. The van der Waals surface area contributed by atoms with Gasteiger partial charge in [0.2, 0.25) is 12.2 Å². The van der Waals surface area contributed by atoms with Crippen LogP contribution in [0.2, 0.25) is 0 Å². The Bertz CT molecular complexity index is 2150. The standard InChI is InChI=1S/C49H80N8O19/c1-46(2,3)74-43(63)52-22-19-33(58)39(61)54-31-23-32(55-44(64)75-47(4,5)6)37(34(59)36(31)73-41-35(60)38(49(10,66)26-70-41)56(11)45(65)76-48(7,8)9)72-40-30(51-21-12-20-50)18-17-29(71-40)24-53-42(62)69-25-27-13-15-28(16-14-27)57(67)68/h13-17,30-38,40-41,51,58-60,66H,12,18-26,50H2,1-11H3,(H,52,63)(H,53,62)(H,54,61)(H,55,64)/t30-,31-,32+,33+,34-,35-,36+,37-,38-,40-,41-,49+/m1/s1. The van der Waals surface area contributed by atoms with Crippen molar-refractivity contribution in [2.75, 3.05) is 39.8 Å². The van der Waals surface area contributed by atoms with E-state index in [0.29, 0.717) is 25.1 Å². The molecule has 0 bridgehead atoms. The summed E-state index contributed by atoms with van der Waals surface area (Å²) in [5, 5.41) is 72.0. The summed E-state index contributed by atoms with van der Waals surface area (Å²) in [7, 11) is 1.30. The summed E-state index contributed by atoms with van der Waals surface area (Å²) >= 11 is 0. The maximum atomic E-state index is 13.9. The van der Waals surface area contributed by atoms with Crippen LogP contribution in [0.4, 0.5) is 24.9 Å². The van der Waals surface area contributed by atoms with Crippen LogP contribution in [0, 0.1) is 10.1 Å². The topological polar surface area (TPSA) is 373 Å². The number of nitrogens with two attached hydrogens (primary N) is 1. The van der Waals surface area contributed by atoms with Gasteiger partial charge in [-0.05, 0) is 132 Å². The van der Waals surface area contributed by atoms with Gasteiger partial charge in [0.15, 0.2) is 6.29 Å². The number of likely N-dealkylation sites (N-methyl/N-ethyl adjacent to an activating group) is 1. The van der Waals surface area contributed by atoms with Crippen LogP contribution in [0.15, 0.2) is 36.1 Å². The molecule has 27 nitrogen and oxygen atoms in total. The Kier molecular flexibility index (Phi) is 22.4. The number of carbonyl (C=O) groups excluding carboxylic acids is 5. The summed E-state index contributed by atoms with van der Waals surface area (Å²) in [6.45, 7) is 15.7. The molecule has 1 saturated heterocycles. The van der Waals surface area contributed by atoms with Crippen molar-refractivity contribution < 1.29 is 87.2 Å². The summed E-state index contributed by atoms with van der Waals surface area (Å²) in [6.07, 6.45) is -13.3. The quantitative estimate of drug-likeness (QED) is 0.0384. The number of hydrogen-bond donors (Lipinski definition) is 10. The number of aliphatic hydroxyl groups is 4. The number of benzene rings is 1. The van der Waals surface area contributed by atoms with Crippen molar-refractivity contribution in [2.24, 2.45) is 5.73 Å². The van der Waals surface area contributed by atoms with Gasteiger partial charge in [-0.2, -0.15) is 0 Å². The second-order valence-corrected chi connectivity index (χ2v) is 22.0. The lowest BCUT2D eigenvalue weighted by atomic mass is 9.82. The van der Waals surface area contributed by atoms with E-state index in [0.717, 1.165) is 4.90 Å². The van der Waals surface area contributed by atoms with Gasteiger partial charge in [-0.15, -0.1) is 0 Å². The van der Waals surface area contributed by atoms with Gasteiger partial charge in [-0.25, -0.2) is 19.2 Å². The number of nitrogens with one attached hydrogen (secondary N) is 5. The number of alkyl carbamates (subject to hydrolysis) is 3. The number of nitrogens with zero attached hydrogens (tertiary/aromatic N) is 2. The van der Waals surface area contributed by atoms with Crippen molar-refractivity contribution >= 4 is 36.0 Å². The molecule has 2 heterocycles. The fourth-order valence-electron chi connectivity index (χ4n) is 8.33. The smallest absolute Gasteiger partial charge is 0.410 e. The zero-order chi connectivity index (χ0) is 56.9. The van der Waals surface area contributed by atoms with Crippen molar-refractivity contribution in [3.05, 3.63) is 51.8 Å². The van der Waals surface area contributed by atoms with Crippen LogP contribution < -0.4 is 32.3 Å². The van der Waals surface area contributed by atoms with Gasteiger partial charge in [0, 0.05) is 25.7 Å². The highest BCUT2D eigenvalue weighted by molar-refractivity contribution is 5.81. The van der Waals surface area contributed by atoms with E-state index in [9.17, 15) is 54.5 Å². The summed E-state index contributed by atoms with van der Waals surface area (Å²) in [4.78, 5) is 77.4. The van der Waals surface area contributed by atoms with Crippen LogP contribution in [0.25, 0.3) is 0 Å². The monoisotopic (exact) mass is 1080 g/mol. The van der Waals surface area contributed by atoms with E-state index in [1.165, 1.54) is 38.2 Å². The van der Waals surface area contributed by atoms with Crippen LogP contribution in [0.5, 0.6) is 0 Å². The van der Waals surface area contributed by atoms with Crippen molar-refractivity contribution in [1.82, 2.24) is 31.5 Å². The van der Waals surface area contributed by atoms with Gasteiger partial charge in [0.25, 0.3) is 5.69 Å². The van der Waals surface area contributed by atoms with Gasteiger partial charge in [0.1, 0.15) is 65.3 Å². The Balaban J connectivity index is 1.68. The molecule has 5 amide bonds. The van der Waals surface area contributed by atoms with Gasteiger partial charge in [-0.1, -0.05) is 0 Å². The Morgan fingerprint density at radius 3 is 2.03 bits per heavy atom. The minimum absolute atomic E-state index is 0.131. The average molecular weight is 1090 g/mol. The Hall–Kier alpha value is -5.65. The van der Waals surface area contributed by atoms with Crippen LogP contribution in [0.1, 0.15) is 100 Å². The number of amides is 5. The molecule has 1 aromatic rings. The number of aliphatic hydroxyl groups excluding tert-OH is 3. The highest BCUT2D eigenvalue weighted by Gasteiger charge is 2.55. The molecule has 11 N–H and O–H groups in total. The molecule has 3 aliphatic rings.